The molecule has 244 valence electrons. The van der Waals surface area contributed by atoms with Crippen molar-refractivity contribution in [1.29, 1.82) is 0 Å². The van der Waals surface area contributed by atoms with Gasteiger partial charge in [-0.25, -0.2) is 14.4 Å². The molecule has 2 aliphatic carbocycles. The smallest absolute Gasteiger partial charge is 0.284 e. The number of methoxy groups -OCH3 is 1. The first-order valence-corrected chi connectivity index (χ1v) is 16.6. The first-order chi connectivity index (χ1) is 23.2. The lowest BCUT2D eigenvalue weighted by atomic mass is 10.0. The minimum absolute atomic E-state index is 0.0253. The Morgan fingerprint density at radius 1 is 1.06 bits per heavy atom. The Labute approximate surface area is 275 Å². The molecule has 2 bridgehead atoms. The number of likely N-dealkylation sites (tertiary alicyclic amines) is 1. The predicted octanol–water partition coefficient (Wildman–Crippen LogP) is 5.53. The summed E-state index contributed by atoms with van der Waals surface area (Å²) in [7, 11) is 3.60. The number of aromatic nitrogens is 5. The van der Waals surface area contributed by atoms with E-state index in [0.29, 0.717) is 46.1 Å². The van der Waals surface area contributed by atoms with Crippen molar-refractivity contribution in [3.05, 3.63) is 75.8 Å². The number of halogens is 1. The summed E-state index contributed by atoms with van der Waals surface area (Å²) in [6.45, 7) is 3.40. The monoisotopic (exact) mass is 645 g/mol. The summed E-state index contributed by atoms with van der Waals surface area (Å²) in [4.78, 5) is 40.5. The van der Waals surface area contributed by atoms with Crippen LogP contribution in [0, 0.1) is 24.6 Å². The third kappa shape index (κ3) is 4.40. The number of H-pyrrole nitrogens is 1. The van der Waals surface area contributed by atoms with Gasteiger partial charge in [-0.1, -0.05) is 0 Å². The van der Waals surface area contributed by atoms with Crippen LogP contribution in [0.3, 0.4) is 0 Å². The number of fused-ring (bicyclic) bond motifs is 5. The number of carbonyl (C=O) groups is 1. The van der Waals surface area contributed by atoms with Gasteiger partial charge < -0.3 is 29.5 Å². The molecule has 4 aromatic heterocycles. The number of benzene rings is 2. The van der Waals surface area contributed by atoms with Crippen LogP contribution in [0.2, 0.25) is 0 Å². The van der Waals surface area contributed by atoms with E-state index < -0.39 is 11.4 Å². The fraction of sp³-hybridized carbons (Fsp3) is 0.351. The van der Waals surface area contributed by atoms with Crippen LogP contribution in [-0.4, -0.2) is 60.6 Å². The maximum atomic E-state index is 14.2. The largest absolute Gasteiger partial charge is 0.494 e. The van der Waals surface area contributed by atoms with Gasteiger partial charge in [0.05, 0.1) is 29.5 Å². The van der Waals surface area contributed by atoms with E-state index in [4.69, 9.17) is 20.4 Å². The third-order valence-electron chi connectivity index (χ3n) is 10.8. The third-order valence-corrected chi connectivity index (χ3v) is 10.8. The molecule has 11 heteroatoms. The second-order valence-corrected chi connectivity index (χ2v) is 13.9. The van der Waals surface area contributed by atoms with Crippen LogP contribution >= 0.6 is 0 Å². The second kappa shape index (κ2) is 10.5. The molecule has 1 aliphatic heterocycles. The topological polar surface area (TPSA) is 124 Å². The number of aromatic amines is 1. The van der Waals surface area contributed by atoms with E-state index in [2.05, 4.69) is 21.7 Å². The lowest BCUT2D eigenvalue weighted by Gasteiger charge is -2.27. The number of pyridine rings is 2. The second-order valence-electron chi connectivity index (χ2n) is 13.9. The number of nitrogens with two attached hydrogens (primary N) is 1. The average molecular weight is 646 g/mol. The predicted molar refractivity (Wildman–Crippen MR) is 182 cm³/mol. The highest BCUT2D eigenvalue weighted by Gasteiger charge is 2.47. The van der Waals surface area contributed by atoms with Gasteiger partial charge in [0.1, 0.15) is 16.9 Å². The van der Waals surface area contributed by atoms with Crippen LogP contribution in [0.25, 0.3) is 55.7 Å². The fourth-order valence-corrected chi connectivity index (χ4v) is 8.11. The van der Waals surface area contributed by atoms with Gasteiger partial charge in [-0.05, 0) is 98.5 Å². The summed E-state index contributed by atoms with van der Waals surface area (Å²) in [5.74, 6) is 1.45. The van der Waals surface area contributed by atoms with E-state index in [-0.39, 0.29) is 18.0 Å². The maximum Gasteiger partial charge on any atom is 0.284 e. The Morgan fingerprint density at radius 3 is 2.62 bits per heavy atom. The zero-order chi connectivity index (χ0) is 33.0. The van der Waals surface area contributed by atoms with Crippen molar-refractivity contribution >= 4 is 38.9 Å². The highest BCUT2D eigenvalue weighted by atomic mass is 19.1. The van der Waals surface area contributed by atoms with E-state index in [1.54, 1.807) is 7.11 Å². The molecule has 3 N–H and O–H groups in total. The number of amides is 1. The fourth-order valence-electron chi connectivity index (χ4n) is 8.11. The van der Waals surface area contributed by atoms with Gasteiger partial charge in [0, 0.05) is 54.1 Å². The Bertz CT molecular complexity index is 2390. The molecule has 10 nitrogen and oxygen atoms in total. The molecule has 9 rings (SSSR count). The summed E-state index contributed by atoms with van der Waals surface area (Å²) < 4.78 is 24.4. The molecule has 3 unspecified atom stereocenters. The van der Waals surface area contributed by atoms with E-state index in [1.807, 2.05) is 53.8 Å². The van der Waals surface area contributed by atoms with Crippen molar-refractivity contribution in [2.45, 2.75) is 51.2 Å². The van der Waals surface area contributed by atoms with Crippen molar-refractivity contribution in [3.8, 4) is 28.5 Å². The molecule has 3 fully saturated rings. The van der Waals surface area contributed by atoms with Gasteiger partial charge in [0.15, 0.2) is 11.6 Å². The molecule has 3 aliphatic rings. The number of hydrogen-bond acceptors (Lipinski definition) is 6. The molecule has 6 aromatic rings. The molecule has 1 amide bonds. The van der Waals surface area contributed by atoms with Crippen LogP contribution in [0.1, 0.15) is 41.6 Å². The average Bonchev–Trinajstić information content (AvgIpc) is 3.48. The van der Waals surface area contributed by atoms with E-state index >= 15 is 0 Å². The number of imidazole rings is 1. The van der Waals surface area contributed by atoms with Gasteiger partial charge >= 0.3 is 0 Å². The first kappa shape index (κ1) is 29.1. The number of aryl methyl sites for hydroxylation is 2. The molecule has 0 radical (unpaired) electrons. The summed E-state index contributed by atoms with van der Waals surface area (Å²) in [5.41, 5.74) is 12.6. The number of rotatable bonds is 6. The number of carbonyl (C=O) groups excluding carboxylic acids is 1. The number of hydrogen-bond donors (Lipinski definition) is 2. The molecule has 2 saturated carbocycles. The number of piperidine rings is 1. The molecule has 0 spiro atoms. The quantitative estimate of drug-likeness (QED) is 0.246. The summed E-state index contributed by atoms with van der Waals surface area (Å²) in [6, 6.07) is 15.1. The molecule has 2 aromatic carbocycles. The minimum atomic E-state index is -0.812. The van der Waals surface area contributed by atoms with Crippen molar-refractivity contribution in [1.82, 2.24) is 29.0 Å². The normalized spacial score (nSPS) is 20.5. The zero-order valence-electron chi connectivity index (χ0n) is 27.1. The Morgan fingerprint density at radius 2 is 1.90 bits per heavy atom. The van der Waals surface area contributed by atoms with Gasteiger partial charge in [0.25, 0.3) is 11.5 Å². The van der Waals surface area contributed by atoms with E-state index in [1.165, 1.54) is 6.07 Å². The maximum absolute atomic E-state index is 14.2. The number of nitrogens with zero attached hydrogens (tertiary/aromatic N) is 5. The zero-order valence-corrected chi connectivity index (χ0v) is 27.1. The van der Waals surface area contributed by atoms with Crippen molar-refractivity contribution < 1.29 is 13.9 Å². The van der Waals surface area contributed by atoms with E-state index in [9.17, 15) is 14.0 Å². The minimum Gasteiger partial charge on any atom is -0.494 e. The lowest BCUT2D eigenvalue weighted by molar-refractivity contribution is 0.0700. The van der Waals surface area contributed by atoms with Crippen molar-refractivity contribution in [3.63, 3.8) is 0 Å². The summed E-state index contributed by atoms with van der Waals surface area (Å²) >= 11 is 0. The Kier molecular flexibility index (Phi) is 6.36. The Hall–Kier alpha value is -5.03. The van der Waals surface area contributed by atoms with Crippen LogP contribution in [0.5, 0.6) is 5.75 Å². The van der Waals surface area contributed by atoms with Gasteiger partial charge in [-0.2, -0.15) is 0 Å². The van der Waals surface area contributed by atoms with Crippen molar-refractivity contribution in [2.24, 2.45) is 24.6 Å². The number of nitrogens with one attached hydrogen (secondary N) is 1. The molecular formula is C37H36FN7O3. The van der Waals surface area contributed by atoms with Crippen LogP contribution in [0.15, 0.2) is 53.3 Å². The molecular weight excluding hydrogens is 609 g/mol. The number of ether oxygens (including phenoxy) is 1. The SMILES string of the molecule is COc1cc(C(=O)N2CC3CCC2C3N)cc2nc(-c3cc4ccc(-c5cc(C)c6[nH]c(=O)c(F)cc6c5)nc4n3CC3CC3)n(C)c12. The van der Waals surface area contributed by atoms with E-state index in [0.717, 1.165) is 77.1 Å². The molecule has 5 heterocycles. The molecule has 1 saturated heterocycles. The highest BCUT2D eigenvalue weighted by molar-refractivity contribution is 6.00. The first-order valence-electron chi connectivity index (χ1n) is 16.6. The summed E-state index contributed by atoms with van der Waals surface area (Å²) in [6.07, 6.45) is 4.36. The van der Waals surface area contributed by atoms with Crippen molar-refractivity contribution in [2.75, 3.05) is 13.7 Å². The van der Waals surface area contributed by atoms with Gasteiger partial charge in [-0.15, -0.1) is 0 Å². The summed E-state index contributed by atoms with van der Waals surface area (Å²) in [5, 5.41) is 1.60. The lowest BCUT2D eigenvalue weighted by Crippen LogP contribution is -2.41. The van der Waals surface area contributed by atoms with Gasteiger partial charge in [0.2, 0.25) is 0 Å². The standard InChI is InChI=1S/C37H36FN7O3/c1-18-10-22(11-23-12-25(38)36(46)42-32(18)23)26-8-6-20-14-29(44(34(20)40-26)16-19-4-5-19)35-41-27-13-24(15-30(48-3)33(27)43(35)2)37(47)45-17-21-7-9-28(45)31(21)39/h6,8,10-15,19,21,28,31H,4-5,7,9,16-17,39H2,1-3H3,(H,42,46). The van der Waals surface area contributed by atoms with Crippen LogP contribution in [-0.2, 0) is 13.6 Å². The van der Waals surface area contributed by atoms with Crippen LogP contribution < -0.4 is 16.0 Å². The Balaban J connectivity index is 1.16. The van der Waals surface area contributed by atoms with Crippen LogP contribution in [0.4, 0.5) is 4.39 Å². The highest BCUT2D eigenvalue weighted by Crippen LogP contribution is 2.40. The molecule has 3 atom stereocenters. The van der Waals surface area contributed by atoms with Gasteiger partial charge in [-0.3, -0.25) is 9.59 Å². The molecule has 48 heavy (non-hydrogen) atoms.